The fourth-order valence-corrected chi connectivity index (χ4v) is 6.91. The minimum absolute atomic E-state index is 0.0262. The van der Waals surface area contributed by atoms with Gasteiger partial charge in [0.1, 0.15) is 19.8 Å². The molecule has 0 aromatic rings. The van der Waals surface area contributed by atoms with Crippen LogP contribution < -0.4 is 4.89 Å². The van der Waals surface area contributed by atoms with Gasteiger partial charge in [0.2, 0.25) is 0 Å². The van der Waals surface area contributed by atoms with Crippen LogP contribution in [0.5, 0.6) is 0 Å². The second-order valence-electron chi connectivity index (χ2n) is 16.1. The van der Waals surface area contributed by atoms with Crippen molar-refractivity contribution >= 4 is 19.8 Å². The smallest absolute Gasteiger partial charge is 0.306 e. The normalized spacial score (nSPS) is 13.6. The SMILES string of the molecule is CCCCCCCCCCCCCCCCCCCCCCCC(=O)OC(COC(=O)CCCCCCCCC)COP(=O)([O-])OCC[N+](C)(C)C. The number of carbonyl (C=O) groups is 2. The third kappa shape index (κ3) is 38.7. The minimum atomic E-state index is -4.61. The van der Waals surface area contributed by atoms with Crippen LogP contribution in [-0.2, 0) is 32.7 Å². The monoisotopic (exact) mass is 762 g/mol. The van der Waals surface area contributed by atoms with Gasteiger partial charge in [-0.05, 0) is 12.8 Å². The highest BCUT2D eigenvalue weighted by Crippen LogP contribution is 2.38. The zero-order valence-corrected chi connectivity index (χ0v) is 35.7. The summed E-state index contributed by atoms with van der Waals surface area (Å²) in [5, 5.41) is 0. The number of nitrogens with zero attached hydrogens (tertiary/aromatic N) is 1. The fraction of sp³-hybridized carbons (Fsp3) is 0.952. The summed E-state index contributed by atoms with van der Waals surface area (Å²) < 4.78 is 33.7. The molecule has 52 heavy (non-hydrogen) atoms. The molecule has 0 N–H and O–H groups in total. The number of hydrogen-bond acceptors (Lipinski definition) is 8. The Morgan fingerprint density at radius 3 is 1.23 bits per heavy atom. The fourth-order valence-electron chi connectivity index (χ4n) is 6.18. The molecule has 0 saturated carbocycles. The third-order valence-electron chi connectivity index (χ3n) is 9.63. The van der Waals surface area contributed by atoms with Crippen molar-refractivity contribution < 1.29 is 42.1 Å². The molecule has 0 aromatic carbocycles. The average Bonchev–Trinajstić information content (AvgIpc) is 3.09. The first-order chi connectivity index (χ1) is 25.0. The quantitative estimate of drug-likeness (QED) is 0.0263. The molecule has 2 atom stereocenters. The van der Waals surface area contributed by atoms with E-state index in [2.05, 4.69) is 13.8 Å². The van der Waals surface area contributed by atoms with E-state index in [9.17, 15) is 19.0 Å². The summed E-state index contributed by atoms with van der Waals surface area (Å²) in [5.41, 5.74) is 0. The van der Waals surface area contributed by atoms with E-state index in [1.54, 1.807) is 0 Å². The summed E-state index contributed by atoms with van der Waals surface area (Å²) in [6.07, 6.45) is 34.4. The lowest BCUT2D eigenvalue weighted by atomic mass is 10.0. The molecule has 0 bridgehead atoms. The van der Waals surface area contributed by atoms with Gasteiger partial charge in [-0.15, -0.1) is 0 Å². The number of hydrogen-bond donors (Lipinski definition) is 0. The van der Waals surface area contributed by atoms with Gasteiger partial charge >= 0.3 is 11.9 Å². The Bertz CT molecular complexity index is 865. The van der Waals surface area contributed by atoms with Gasteiger partial charge in [-0.25, -0.2) is 0 Å². The molecule has 0 heterocycles. The van der Waals surface area contributed by atoms with Crippen LogP contribution in [-0.4, -0.2) is 70.0 Å². The molecule has 0 amide bonds. The van der Waals surface area contributed by atoms with Crippen molar-refractivity contribution in [2.75, 3.05) is 47.5 Å². The van der Waals surface area contributed by atoms with Crippen molar-refractivity contribution in [2.45, 2.75) is 213 Å². The zero-order chi connectivity index (χ0) is 38.6. The number of carbonyl (C=O) groups excluding carboxylic acids is 2. The van der Waals surface area contributed by atoms with Crippen molar-refractivity contribution in [3.63, 3.8) is 0 Å². The van der Waals surface area contributed by atoms with Crippen molar-refractivity contribution in [3.8, 4) is 0 Å². The van der Waals surface area contributed by atoms with E-state index in [0.717, 1.165) is 32.1 Å². The van der Waals surface area contributed by atoms with Crippen LogP contribution in [0, 0.1) is 0 Å². The van der Waals surface area contributed by atoms with Gasteiger partial charge in [0, 0.05) is 12.8 Å². The summed E-state index contributed by atoms with van der Waals surface area (Å²) in [5.74, 6) is -0.829. The number of quaternary nitrogens is 1. The second-order valence-corrected chi connectivity index (χ2v) is 17.5. The molecule has 0 fully saturated rings. The Kier molecular flexibility index (Phi) is 35.0. The maximum atomic E-state index is 12.6. The average molecular weight is 762 g/mol. The van der Waals surface area contributed by atoms with Crippen LogP contribution in [0.4, 0.5) is 0 Å². The van der Waals surface area contributed by atoms with Crippen molar-refractivity contribution in [2.24, 2.45) is 0 Å². The predicted octanol–water partition coefficient (Wildman–Crippen LogP) is 11.4. The van der Waals surface area contributed by atoms with Crippen LogP contribution in [0.15, 0.2) is 0 Å². The molecule has 0 radical (unpaired) electrons. The highest BCUT2D eigenvalue weighted by Gasteiger charge is 2.21. The molecule has 0 saturated heterocycles. The largest absolute Gasteiger partial charge is 0.756 e. The predicted molar refractivity (Wildman–Crippen MR) is 213 cm³/mol. The number of phosphoric acid groups is 1. The molecule has 2 unspecified atom stereocenters. The highest BCUT2D eigenvalue weighted by molar-refractivity contribution is 7.45. The summed E-state index contributed by atoms with van der Waals surface area (Å²) in [6, 6.07) is 0. The van der Waals surface area contributed by atoms with Crippen LogP contribution >= 0.6 is 7.82 Å². The number of unbranched alkanes of at least 4 members (excludes halogenated alkanes) is 26. The van der Waals surface area contributed by atoms with E-state index in [0.29, 0.717) is 17.4 Å². The second kappa shape index (κ2) is 35.7. The van der Waals surface area contributed by atoms with Gasteiger partial charge in [-0.1, -0.05) is 181 Å². The minimum Gasteiger partial charge on any atom is -0.756 e. The Morgan fingerprint density at radius 1 is 0.519 bits per heavy atom. The maximum absolute atomic E-state index is 12.6. The van der Waals surface area contributed by atoms with Crippen molar-refractivity contribution in [3.05, 3.63) is 0 Å². The molecular formula is C42H84NO8P. The van der Waals surface area contributed by atoms with Crippen molar-refractivity contribution in [1.29, 1.82) is 0 Å². The van der Waals surface area contributed by atoms with E-state index in [-0.39, 0.29) is 32.0 Å². The molecule has 0 aromatic heterocycles. The first-order valence-electron chi connectivity index (χ1n) is 21.7. The molecular weight excluding hydrogens is 677 g/mol. The number of esters is 2. The number of rotatable bonds is 40. The lowest BCUT2D eigenvalue weighted by Crippen LogP contribution is -2.37. The molecule has 0 aliphatic rings. The first kappa shape index (κ1) is 51.0. The van der Waals surface area contributed by atoms with E-state index < -0.39 is 26.5 Å². The molecule has 310 valence electrons. The number of likely N-dealkylation sites (N-methyl/N-ethyl adjacent to an activating group) is 1. The lowest BCUT2D eigenvalue weighted by Gasteiger charge is -2.28. The topological polar surface area (TPSA) is 111 Å². The van der Waals surface area contributed by atoms with Crippen LogP contribution in [0.2, 0.25) is 0 Å². The van der Waals surface area contributed by atoms with Gasteiger partial charge < -0.3 is 27.9 Å². The zero-order valence-electron chi connectivity index (χ0n) is 34.8. The molecule has 0 aliphatic carbocycles. The molecule has 0 spiro atoms. The summed E-state index contributed by atoms with van der Waals surface area (Å²) in [7, 11) is 1.18. The van der Waals surface area contributed by atoms with Gasteiger partial charge in [-0.2, -0.15) is 0 Å². The number of ether oxygens (including phenoxy) is 2. The molecule has 0 aliphatic heterocycles. The van der Waals surface area contributed by atoms with Gasteiger partial charge in [0.25, 0.3) is 7.82 Å². The Balaban J connectivity index is 4.15. The highest BCUT2D eigenvalue weighted by atomic mass is 31.2. The Morgan fingerprint density at radius 2 is 0.865 bits per heavy atom. The first-order valence-corrected chi connectivity index (χ1v) is 23.2. The van der Waals surface area contributed by atoms with Gasteiger partial charge in [-0.3, -0.25) is 14.2 Å². The lowest BCUT2D eigenvalue weighted by molar-refractivity contribution is -0.870. The summed E-state index contributed by atoms with van der Waals surface area (Å²) >= 11 is 0. The standard InChI is InChI=1S/C42H84NO8P/c1-6-8-10-12-14-15-16-17-18-19-20-21-22-23-24-25-26-27-29-31-33-35-42(45)51-40(39-50-52(46,47)49-37-36-43(3,4)5)38-48-41(44)34-32-30-28-13-11-9-7-2/h40H,6-39H2,1-5H3. The molecule has 0 rings (SSSR count). The van der Waals surface area contributed by atoms with E-state index in [1.165, 1.54) is 141 Å². The summed E-state index contributed by atoms with van der Waals surface area (Å²) in [4.78, 5) is 37.3. The van der Waals surface area contributed by atoms with E-state index in [4.69, 9.17) is 18.5 Å². The van der Waals surface area contributed by atoms with E-state index >= 15 is 0 Å². The third-order valence-corrected chi connectivity index (χ3v) is 10.6. The van der Waals surface area contributed by atoms with Crippen LogP contribution in [0.25, 0.3) is 0 Å². The summed E-state index contributed by atoms with van der Waals surface area (Å²) in [6.45, 7) is 4.21. The molecule has 10 heteroatoms. The maximum Gasteiger partial charge on any atom is 0.306 e. The Hall–Kier alpha value is -0.990. The van der Waals surface area contributed by atoms with Crippen LogP contribution in [0.1, 0.15) is 206 Å². The van der Waals surface area contributed by atoms with Crippen molar-refractivity contribution in [1.82, 2.24) is 0 Å². The number of phosphoric ester groups is 1. The molecule has 9 nitrogen and oxygen atoms in total. The van der Waals surface area contributed by atoms with Gasteiger partial charge in [0.05, 0.1) is 27.7 Å². The van der Waals surface area contributed by atoms with Crippen LogP contribution in [0.3, 0.4) is 0 Å². The van der Waals surface area contributed by atoms with E-state index in [1.807, 2.05) is 21.1 Å². The Labute approximate surface area is 321 Å². The van der Waals surface area contributed by atoms with Gasteiger partial charge in [0.15, 0.2) is 6.10 Å².